The van der Waals surface area contributed by atoms with E-state index in [9.17, 15) is 4.79 Å². The summed E-state index contributed by atoms with van der Waals surface area (Å²) in [6, 6.07) is 11.2. The number of hydrogen-bond donors (Lipinski definition) is 0. The fourth-order valence-corrected chi connectivity index (χ4v) is 2.75. The van der Waals surface area contributed by atoms with E-state index in [0.717, 1.165) is 20.1 Å². The first-order valence-corrected chi connectivity index (χ1v) is 7.67. The highest BCUT2D eigenvalue weighted by molar-refractivity contribution is 9.10. The van der Waals surface area contributed by atoms with Gasteiger partial charge in [0.1, 0.15) is 0 Å². The van der Waals surface area contributed by atoms with Crippen LogP contribution in [0.15, 0.2) is 45.3 Å². The summed E-state index contributed by atoms with van der Waals surface area (Å²) in [6.45, 7) is 1.97. The van der Waals surface area contributed by atoms with Gasteiger partial charge in [0.05, 0.1) is 0 Å². The van der Waals surface area contributed by atoms with Gasteiger partial charge in [0.25, 0.3) is 0 Å². The molecule has 0 bridgehead atoms. The summed E-state index contributed by atoms with van der Waals surface area (Å²) < 4.78 is 1.92. The Morgan fingerprint density at radius 3 is 2.53 bits per heavy atom. The minimum Gasteiger partial charge on any atom is -0.294 e. The number of rotatable bonds is 3. The summed E-state index contributed by atoms with van der Waals surface area (Å²) in [4.78, 5) is 12.2. The second-order valence-corrected chi connectivity index (χ2v) is 6.48. The molecular formula is C15H11Br2ClO. The van der Waals surface area contributed by atoms with Gasteiger partial charge in [-0.25, -0.2) is 0 Å². The summed E-state index contributed by atoms with van der Waals surface area (Å²) >= 11 is 12.9. The molecule has 4 heteroatoms. The van der Waals surface area contributed by atoms with E-state index < -0.39 is 0 Å². The zero-order valence-corrected chi connectivity index (χ0v) is 14.1. The van der Waals surface area contributed by atoms with Gasteiger partial charge in [-0.3, -0.25) is 4.79 Å². The molecule has 0 radical (unpaired) electrons. The Bertz CT molecular complexity index is 638. The maximum absolute atomic E-state index is 12.2. The molecule has 1 nitrogen and oxygen atoms in total. The molecule has 0 saturated heterocycles. The molecule has 98 valence electrons. The quantitative estimate of drug-likeness (QED) is 0.611. The lowest BCUT2D eigenvalue weighted by Crippen LogP contribution is -2.04. The second-order valence-electron chi connectivity index (χ2n) is 4.30. The largest absolute Gasteiger partial charge is 0.294 e. The first kappa shape index (κ1) is 14.8. The fourth-order valence-electron chi connectivity index (χ4n) is 1.76. The van der Waals surface area contributed by atoms with Crippen molar-refractivity contribution in [3.05, 3.63) is 67.1 Å². The van der Waals surface area contributed by atoms with Gasteiger partial charge in [0.15, 0.2) is 5.78 Å². The molecule has 0 aromatic heterocycles. The Labute approximate surface area is 134 Å². The Balaban J connectivity index is 2.23. The van der Waals surface area contributed by atoms with E-state index in [4.69, 9.17) is 11.6 Å². The van der Waals surface area contributed by atoms with Crippen LogP contribution < -0.4 is 0 Å². The summed E-state index contributed by atoms with van der Waals surface area (Å²) in [5.74, 6) is 0.0693. The minimum atomic E-state index is 0.0693. The summed E-state index contributed by atoms with van der Waals surface area (Å²) in [6.07, 6.45) is 0.313. The van der Waals surface area contributed by atoms with Gasteiger partial charge < -0.3 is 0 Å². The number of Topliss-reactive ketones (excluding diaryl/α,β-unsaturated/α-hetero) is 1. The first-order chi connectivity index (χ1) is 8.97. The molecule has 0 heterocycles. The highest BCUT2D eigenvalue weighted by atomic mass is 79.9. The van der Waals surface area contributed by atoms with Gasteiger partial charge in [-0.1, -0.05) is 55.6 Å². The van der Waals surface area contributed by atoms with Crippen molar-refractivity contribution >= 4 is 49.2 Å². The van der Waals surface area contributed by atoms with Gasteiger partial charge in [0.2, 0.25) is 0 Å². The van der Waals surface area contributed by atoms with Crippen LogP contribution in [-0.2, 0) is 6.42 Å². The van der Waals surface area contributed by atoms with Crippen molar-refractivity contribution in [1.29, 1.82) is 0 Å². The van der Waals surface area contributed by atoms with Crippen LogP contribution in [0.1, 0.15) is 21.5 Å². The Morgan fingerprint density at radius 1 is 1.16 bits per heavy atom. The van der Waals surface area contributed by atoms with Crippen molar-refractivity contribution in [1.82, 2.24) is 0 Å². The highest BCUT2D eigenvalue weighted by Crippen LogP contribution is 2.23. The molecule has 2 aromatic carbocycles. The molecule has 0 aliphatic rings. The van der Waals surface area contributed by atoms with Crippen molar-refractivity contribution in [3.63, 3.8) is 0 Å². The Kier molecular flexibility index (Phi) is 4.82. The molecule has 0 aliphatic carbocycles. The predicted octanol–water partition coefficient (Wildman–Crippen LogP) is 5.60. The lowest BCUT2D eigenvalue weighted by Gasteiger charge is -2.06. The smallest absolute Gasteiger partial charge is 0.167 e. The van der Waals surface area contributed by atoms with E-state index in [1.165, 1.54) is 0 Å². The van der Waals surface area contributed by atoms with E-state index in [0.29, 0.717) is 17.0 Å². The first-order valence-electron chi connectivity index (χ1n) is 5.70. The van der Waals surface area contributed by atoms with Gasteiger partial charge >= 0.3 is 0 Å². The van der Waals surface area contributed by atoms with E-state index >= 15 is 0 Å². The van der Waals surface area contributed by atoms with E-state index in [1.807, 2.05) is 37.3 Å². The van der Waals surface area contributed by atoms with Gasteiger partial charge in [-0.2, -0.15) is 0 Å². The van der Waals surface area contributed by atoms with Crippen LogP contribution in [-0.4, -0.2) is 5.78 Å². The maximum atomic E-state index is 12.2. The molecule has 0 N–H and O–H groups in total. The molecular weight excluding hydrogens is 391 g/mol. The van der Waals surface area contributed by atoms with Crippen molar-refractivity contribution in [2.24, 2.45) is 0 Å². The van der Waals surface area contributed by atoms with Crippen LogP contribution in [0.4, 0.5) is 0 Å². The van der Waals surface area contributed by atoms with E-state index in [1.54, 1.807) is 6.07 Å². The zero-order valence-electron chi connectivity index (χ0n) is 10.2. The number of benzene rings is 2. The number of carbonyl (C=O) groups excluding carboxylic acids is 1. The number of aryl methyl sites for hydroxylation is 1. The van der Waals surface area contributed by atoms with Crippen LogP contribution in [0.2, 0.25) is 5.02 Å². The predicted molar refractivity (Wildman–Crippen MR) is 86.1 cm³/mol. The van der Waals surface area contributed by atoms with Crippen molar-refractivity contribution < 1.29 is 4.79 Å². The Morgan fingerprint density at radius 2 is 1.89 bits per heavy atom. The third-order valence-electron chi connectivity index (χ3n) is 2.85. The summed E-state index contributed by atoms with van der Waals surface area (Å²) in [7, 11) is 0. The zero-order chi connectivity index (χ0) is 14.0. The molecule has 2 aromatic rings. The minimum absolute atomic E-state index is 0.0693. The number of ketones is 1. The number of hydrogen-bond acceptors (Lipinski definition) is 1. The summed E-state index contributed by atoms with van der Waals surface area (Å²) in [5, 5.41) is 0.608. The van der Waals surface area contributed by atoms with Crippen molar-refractivity contribution in [2.75, 3.05) is 0 Å². The third kappa shape index (κ3) is 3.68. The molecule has 0 fully saturated rings. The summed E-state index contributed by atoms with van der Waals surface area (Å²) in [5.41, 5.74) is 2.60. The SMILES string of the molecule is Cc1cc(C(=O)Cc2ccc(Br)cc2Cl)ccc1Br. The molecule has 19 heavy (non-hydrogen) atoms. The standard InChI is InChI=1S/C15H11Br2ClO/c1-9-6-11(3-5-13(9)17)15(19)7-10-2-4-12(16)8-14(10)18/h2-6,8H,7H2,1H3. The maximum Gasteiger partial charge on any atom is 0.167 e. The lowest BCUT2D eigenvalue weighted by molar-refractivity contribution is 0.0993. The fraction of sp³-hybridized carbons (Fsp3) is 0.133. The molecule has 0 saturated carbocycles. The van der Waals surface area contributed by atoms with Crippen molar-refractivity contribution in [3.8, 4) is 0 Å². The average molecular weight is 403 g/mol. The third-order valence-corrected chi connectivity index (χ3v) is 4.58. The normalized spacial score (nSPS) is 10.5. The van der Waals surface area contributed by atoms with Crippen molar-refractivity contribution in [2.45, 2.75) is 13.3 Å². The lowest BCUT2D eigenvalue weighted by atomic mass is 10.0. The molecule has 0 atom stereocenters. The molecule has 0 spiro atoms. The van der Waals surface area contributed by atoms with E-state index in [2.05, 4.69) is 31.9 Å². The second kappa shape index (κ2) is 6.21. The van der Waals surface area contributed by atoms with Gasteiger partial charge in [-0.15, -0.1) is 0 Å². The van der Waals surface area contributed by atoms with Crippen LogP contribution in [0.25, 0.3) is 0 Å². The number of halogens is 3. The number of carbonyl (C=O) groups is 1. The van der Waals surface area contributed by atoms with Crippen LogP contribution in [0, 0.1) is 6.92 Å². The molecule has 0 aliphatic heterocycles. The van der Waals surface area contributed by atoms with Crippen LogP contribution in [0.5, 0.6) is 0 Å². The van der Waals surface area contributed by atoms with Gasteiger partial charge in [-0.05, 0) is 42.3 Å². The van der Waals surface area contributed by atoms with E-state index in [-0.39, 0.29) is 5.78 Å². The monoisotopic (exact) mass is 400 g/mol. The molecule has 2 rings (SSSR count). The molecule has 0 unspecified atom stereocenters. The topological polar surface area (TPSA) is 17.1 Å². The van der Waals surface area contributed by atoms with Crippen LogP contribution >= 0.6 is 43.5 Å². The molecule has 0 amide bonds. The highest BCUT2D eigenvalue weighted by Gasteiger charge is 2.11. The van der Waals surface area contributed by atoms with Crippen LogP contribution in [0.3, 0.4) is 0 Å². The van der Waals surface area contributed by atoms with Gasteiger partial charge in [0, 0.05) is 26.0 Å². The Hall–Kier alpha value is -0.640. The average Bonchev–Trinajstić information content (AvgIpc) is 2.36.